The monoisotopic (exact) mass is 223 g/mol. The minimum Gasteiger partial charge on any atom is -0.328 e. The highest BCUT2D eigenvalue weighted by Gasteiger charge is 2.44. The number of hydrogen-bond donors (Lipinski definition) is 0. The van der Waals surface area contributed by atoms with Crippen molar-refractivity contribution in [2.75, 3.05) is 20.3 Å². The van der Waals surface area contributed by atoms with Crippen molar-refractivity contribution in [2.45, 2.75) is 19.8 Å². The van der Waals surface area contributed by atoms with Gasteiger partial charge in [0.2, 0.25) is 0 Å². The van der Waals surface area contributed by atoms with E-state index in [9.17, 15) is 12.3 Å². The van der Waals surface area contributed by atoms with E-state index in [4.69, 9.17) is 0 Å². The number of hydrogen-bond acceptors (Lipinski definition) is 3. The Labute approximate surface area is 84.5 Å². The number of unbranched alkanes of at least 4 members (excludes halogenated alkanes) is 1. The van der Waals surface area contributed by atoms with Gasteiger partial charge in [0.05, 0.1) is 6.20 Å². The lowest BCUT2D eigenvalue weighted by Crippen LogP contribution is -2.47. The summed E-state index contributed by atoms with van der Waals surface area (Å²) in [6.07, 6.45) is 4.56. The van der Waals surface area contributed by atoms with Crippen LogP contribution in [0, 0.1) is 0 Å². The highest BCUT2D eigenvalue weighted by atomic mass is 32.3. The maximum absolute atomic E-state index is 13.1. The van der Waals surface area contributed by atoms with Crippen LogP contribution in [0.5, 0.6) is 0 Å². The Bertz CT molecular complexity index is 328. The smallest absolute Gasteiger partial charge is 0.328 e. The molecule has 4 nitrogen and oxygen atoms in total. The molecule has 0 aliphatic carbocycles. The first-order chi connectivity index (χ1) is 6.41. The molecule has 0 radical (unpaired) electrons. The van der Waals surface area contributed by atoms with Gasteiger partial charge in [-0.3, -0.25) is 0 Å². The first kappa shape index (κ1) is 11.5. The molecule has 1 aliphatic rings. The molecular weight excluding hydrogens is 207 g/mol. The predicted octanol–water partition coefficient (Wildman–Crippen LogP) is 1.19. The third-order valence-electron chi connectivity index (χ3n) is 2.38. The number of halogens is 1. The summed E-state index contributed by atoms with van der Waals surface area (Å²) in [6.45, 7) is 2.42. The number of rotatable bonds is 4. The standard InChI is InChI=1S/C8H16FN2O2S/c1-3-4-6-11(14(9,12)13)7-5-10(2)8-11/h5,7H,3-4,6,8H2,1-2H3/q+1. The fourth-order valence-corrected chi connectivity index (χ4v) is 2.40. The fourth-order valence-electron chi connectivity index (χ4n) is 1.53. The Balaban J connectivity index is 2.88. The Morgan fingerprint density at radius 3 is 2.57 bits per heavy atom. The van der Waals surface area contributed by atoms with Crippen LogP contribution in [-0.4, -0.2) is 37.5 Å². The molecule has 0 bridgehead atoms. The highest BCUT2D eigenvalue weighted by Crippen LogP contribution is 2.25. The highest BCUT2D eigenvalue weighted by molar-refractivity contribution is 7.80. The average Bonchev–Trinajstić information content (AvgIpc) is 2.44. The van der Waals surface area contributed by atoms with Gasteiger partial charge in [0.1, 0.15) is 12.7 Å². The maximum atomic E-state index is 13.1. The summed E-state index contributed by atoms with van der Waals surface area (Å²) in [7, 11) is -2.83. The van der Waals surface area contributed by atoms with E-state index < -0.39 is 14.3 Å². The van der Waals surface area contributed by atoms with Crippen molar-refractivity contribution >= 4 is 10.4 Å². The molecule has 0 saturated carbocycles. The molecule has 0 fully saturated rings. The van der Waals surface area contributed by atoms with E-state index in [1.54, 1.807) is 18.1 Å². The lowest BCUT2D eigenvalue weighted by atomic mass is 10.3. The second kappa shape index (κ2) is 3.86. The normalized spacial score (nSPS) is 27.2. The van der Waals surface area contributed by atoms with Crippen LogP contribution in [-0.2, 0) is 10.4 Å². The van der Waals surface area contributed by atoms with E-state index in [-0.39, 0.29) is 6.67 Å². The fraction of sp³-hybridized carbons (Fsp3) is 0.750. The van der Waals surface area contributed by atoms with Gasteiger partial charge in [-0.25, -0.2) is 0 Å². The van der Waals surface area contributed by atoms with Crippen LogP contribution < -0.4 is 0 Å². The first-order valence-electron chi connectivity index (χ1n) is 4.62. The Hall–Kier alpha value is -0.620. The topological polar surface area (TPSA) is 37.4 Å². The first-order valence-corrected chi connectivity index (χ1v) is 5.96. The zero-order valence-corrected chi connectivity index (χ0v) is 9.30. The molecule has 1 rings (SSSR count). The Kier molecular flexibility index (Phi) is 3.16. The van der Waals surface area contributed by atoms with Crippen LogP contribution >= 0.6 is 0 Å². The molecule has 1 unspecified atom stereocenters. The lowest BCUT2D eigenvalue weighted by molar-refractivity contribution is -0.758. The molecule has 0 aromatic heterocycles. The second-order valence-electron chi connectivity index (χ2n) is 3.64. The molecule has 0 saturated heterocycles. The van der Waals surface area contributed by atoms with Crippen LogP contribution in [0.1, 0.15) is 19.8 Å². The van der Waals surface area contributed by atoms with E-state index in [2.05, 4.69) is 0 Å². The third-order valence-corrected chi connectivity index (χ3v) is 3.67. The van der Waals surface area contributed by atoms with E-state index in [0.29, 0.717) is 13.0 Å². The molecule has 82 valence electrons. The van der Waals surface area contributed by atoms with Crippen molar-refractivity contribution in [2.24, 2.45) is 0 Å². The molecule has 0 spiro atoms. The Morgan fingerprint density at radius 2 is 2.21 bits per heavy atom. The molecule has 1 atom stereocenters. The molecule has 0 N–H and O–H groups in total. The summed E-state index contributed by atoms with van der Waals surface area (Å²) < 4.78 is 34.6. The molecular formula is C8H16FN2O2S+. The average molecular weight is 223 g/mol. The van der Waals surface area contributed by atoms with Crippen LogP contribution in [0.3, 0.4) is 0 Å². The van der Waals surface area contributed by atoms with Gasteiger partial charge in [0, 0.05) is 7.05 Å². The predicted molar refractivity (Wildman–Crippen MR) is 51.8 cm³/mol. The third kappa shape index (κ3) is 2.06. The van der Waals surface area contributed by atoms with Crippen molar-refractivity contribution in [1.29, 1.82) is 0 Å². The van der Waals surface area contributed by atoms with Crippen LogP contribution in [0.4, 0.5) is 3.89 Å². The van der Waals surface area contributed by atoms with Crippen molar-refractivity contribution < 1.29 is 16.2 Å². The lowest BCUT2D eigenvalue weighted by Gasteiger charge is -2.26. The summed E-state index contributed by atoms with van der Waals surface area (Å²) in [6, 6.07) is 0. The zero-order chi connectivity index (χ0) is 10.8. The van der Waals surface area contributed by atoms with Crippen molar-refractivity contribution in [3.05, 3.63) is 12.4 Å². The van der Waals surface area contributed by atoms with Gasteiger partial charge in [-0.1, -0.05) is 17.2 Å². The van der Waals surface area contributed by atoms with Gasteiger partial charge in [-0.05, 0) is 6.42 Å². The van der Waals surface area contributed by atoms with Crippen LogP contribution in [0.25, 0.3) is 0 Å². The van der Waals surface area contributed by atoms with Crippen molar-refractivity contribution in [1.82, 2.24) is 4.90 Å². The summed E-state index contributed by atoms with van der Waals surface area (Å²) in [5.74, 6) is 0. The van der Waals surface area contributed by atoms with E-state index >= 15 is 0 Å². The quantitative estimate of drug-likeness (QED) is 0.531. The number of nitrogens with zero attached hydrogens (tertiary/aromatic N) is 2. The molecule has 0 amide bonds. The van der Waals surface area contributed by atoms with Gasteiger partial charge >= 0.3 is 10.4 Å². The summed E-state index contributed by atoms with van der Waals surface area (Å²) in [5, 5.41) is 0. The summed E-state index contributed by atoms with van der Waals surface area (Å²) in [5.41, 5.74) is 0. The Morgan fingerprint density at radius 1 is 1.57 bits per heavy atom. The minimum absolute atomic E-state index is 0.166. The van der Waals surface area contributed by atoms with Gasteiger partial charge in [-0.2, -0.15) is 0 Å². The molecule has 0 aromatic rings. The van der Waals surface area contributed by atoms with Crippen LogP contribution in [0.2, 0.25) is 0 Å². The van der Waals surface area contributed by atoms with Gasteiger partial charge in [0.25, 0.3) is 0 Å². The SMILES string of the molecule is CCCC[N+]1(S(=O)(=O)F)C=CN(C)C1. The van der Waals surface area contributed by atoms with Gasteiger partial charge in [-0.15, -0.1) is 12.3 Å². The molecule has 0 aromatic carbocycles. The summed E-state index contributed by atoms with van der Waals surface area (Å²) in [4.78, 5) is 1.67. The number of quaternary nitrogens is 1. The molecule has 1 aliphatic heterocycles. The zero-order valence-electron chi connectivity index (χ0n) is 8.48. The molecule has 1 heterocycles. The molecule has 14 heavy (non-hydrogen) atoms. The summed E-state index contributed by atoms with van der Waals surface area (Å²) >= 11 is 0. The van der Waals surface area contributed by atoms with Crippen molar-refractivity contribution in [3.8, 4) is 0 Å². The van der Waals surface area contributed by atoms with E-state index in [0.717, 1.165) is 6.42 Å². The largest absolute Gasteiger partial charge is 0.480 e. The van der Waals surface area contributed by atoms with Gasteiger partial charge in [0.15, 0.2) is 6.67 Å². The second-order valence-corrected chi connectivity index (χ2v) is 5.19. The van der Waals surface area contributed by atoms with Gasteiger partial charge < -0.3 is 4.90 Å². The minimum atomic E-state index is -4.56. The van der Waals surface area contributed by atoms with E-state index in [1.807, 2.05) is 6.92 Å². The van der Waals surface area contributed by atoms with Crippen LogP contribution in [0.15, 0.2) is 12.4 Å². The van der Waals surface area contributed by atoms with E-state index in [1.165, 1.54) is 6.20 Å². The molecule has 6 heteroatoms. The van der Waals surface area contributed by atoms with Crippen molar-refractivity contribution in [3.63, 3.8) is 0 Å². The maximum Gasteiger partial charge on any atom is 0.480 e.